The quantitative estimate of drug-likeness (QED) is 0.527. The summed E-state index contributed by atoms with van der Waals surface area (Å²) in [5.74, 6) is 0.115. The van der Waals surface area contributed by atoms with Crippen molar-refractivity contribution in [3.05, 3.63) is 0 Å². The van der Waals surface area contributed by atoms with Crippen molar-refractivity contribution in [1.29, 1.82) is 0 Å². The van der Waals surface area contributed by atoms with Gasteiger partial charge in [0.25, 0.3) is 0 Å². The van der Waals surface area contributed by atoms with E-state index in [4.69, 9.17) is 5.73 Å². The SMILES string of the molecule is CN1CCNC(=O)C1CCN. The summed E-state index contributed by atoms with van der Waals surface area (Å²) in [4.78, 5) is 13.2. The molecule has 0 bridgehead atoms. The van der Waals surface area contributed by atoms with Crippen molar-refractivity contribution < 1.29 is 4.79 Å². The van der Waals surface area contributed by atoms with E-state index in [1.165, 1.54) is 0 Å². The van der Waals surface area contributed by atoms with Crippen LogP contribution in [0.3, 0.4) is 0 Å². The predicted octanol–water partition coefficient (Wildman–Crippen LogP) is -1.23. The molecule has 0 aromatic rings. The molecule has 1 saturated heterocycles. The Morgan fingerprint density at radius 3 is 3.09 bits per heavy atom. The standard InChI is InChI=1S/C7H15N3O/c1-10-5-4-9-7(11)6(10)2-3-8/h6H,2-5,8H2,1H3,(H,9,11). The van der Waals surface area contributed by atoms with Crippen molar-refractivity contribution in [2.24, 2.45) is 5.73 Å². The highest BCUT2D eigenvalue weighted by molar-refractivity contribution is 5.82. The fourth-order valence-corrected chi connectivity index (χ4v) is 1.34. The number of piperazine rings is 1. The monoisotopic (exact) mass is 157 g/mol. The molecule has 1 amide bonds. The molecule has 11 heavy (non-hydrogen) atoms. The summed E-state index contributed by atoms with van der Waals surface area (Å²) in [6, 6.07) is -0.00579. The van der Waals surface area contributed by atoms with Crippen molar-refractivity contribution in [2.45, 2.75) is 12.5 Å². The molecule has 1 rings (SSSR count). The van der Waals surface area contributed by atoms with Gasteiger partial charge in [-0.05, 0) is 20.0 Å². The number of carbonyl (C=O) groups excluding carboxylic acids is 1. The minimum Gasteiger partial charge on any atom is -0.353 e. The average molecular weight is 157 g/mol. The minimum absolute atomic E-state index is 0.00579. The highest BCUT2D eigenvalue weighted by Crippen LogP contribution is 2.03. The number of carbonyl (C=O) groups is 1. The topological polar surface area (TPSA) is 58.4 Å². The van der Waals surface area contributed by atoms with Gasteiger partial charge in [0, 0.05) is 13.1 Å². The van der Waals surface area contributed by atoms with Crippen molar-refractivity contribution in [2.75, 3.05) is 26.7 Å². The molecule has 0 aliphatic carbocycles. The average Bonchev–Trinajstić information content (AvgIpc) is 1.97. The lowest BCUT2D eigenvalue weighted by atomic mass is 10.1. The van der Waals surface area contributed by atoms with Crippen molar-refractivity contribution in [1.82, 2.24) is 10.2 Å². The second-order valence-corrected chi connectivity index (χ2v) is 2.86. The maximum Gasteiger partial charge on any atom is 0.237 e. The van der Waals surface area contributed by atoms with Gasteiger partial charge in [-0.1, -0.05) is 0 Å². The van der Waals surface area contributed by atoms with Crippen LogP contribution in [0.5, 0.6) is 0 Å². The van der Waals surface area contributed by atoms with Gasteiger partial charge in [0.1, 0.15) is 0 Å². The van der Waals surface area contributed by atoms with Crippen LogP contribution in [0.2, 0.25) is 0 Å². The molecule has 64 valence electrons. The summed E-state index contributed by atoms with van der Waals surface area (Å²) in [7, 11) is 1.96. The lowest BCUT2D eigenvalue weighted by Crippen LogP contribution is -2.54. The Bertz CT molecular complexity index is 149. The van der Waals surface area contributed by atoms with Crippen LogP contribution < -0.4 is 11.1 Å². The van der Waals surface area contributed by atoms with E-state index in [0.717, 1.165) is 19.5 Å². The number of nitrogens with two attached hydrogens (primary N) is 1. The number of likely N-dealkylation sites (N-methyl/N-ethyl adjacent to an activating group) is 1. The number of nitrogens with zero attached hydrogens (tertiary/aromatic N) is 1. The van der Waals surface area contributed by atoms with E-state index in [1.54, 1.807) is 0 Å². The molecule has 0 radical (unpaired) electrons. The zero-order chi connectivity index (χ0) is 8.27. The molecule has 3 N–H and O–H groups in total. The normalized spacial score (nSPS) is 26.7. The third kappa shape index (κ3) is 1.91. The Balaban J connectivity index is 2.48. The zero-order valence-electron chi connectivity index (χ0n) is 6.84. The first-order valence-corrected chi connectivity index (χ1v) is 3.93. The Labute approximate surface area is 66.7 Å². The largest absolute Gasteiger partial charge is 0.353 e. The first kappa shape index (κ1) is 8.49. The van der Waals surface area contributed by atoms with Gasteiger partial charge < -0.3 is 11.1 Å². The molecule has 0 spiro atoms. The molecule has 0 aromatic carbocycles. The smallest absolute Gasteiger partial charge is 0.237 e. The number of amides is 1. The molecular weight excluding hydrogens is 142 g/mol. The van der Waals surface area contributed by atoms with E-state index in [1.807, 2.05) is 11.9 Å². The van der Waals surface area contributed by atoms with Gasteiger partial charge in [-0.2, -0.15) is 0 Å². The van der Waals surface area contributed by atoms with Crippen LogP contribution in [-0.2, 0) is 4.79 Å². The van der Waals surface area contributed by atoms with E-state index in [-0.39, 0.29) is 11.9 Å². The van der Waals surface area contributed by atoms with Crippen LogP contribution in [-0.4, -0.2) is 43.5 Å². The summed E-state index contributed by atoms with van der Waals surface area (Å²) >= 11 is 0. The zero-order valence-corrected chi connectivity index (χ0v) is 6.84. The van der Waals surface area contributed by atoms with E-state index in [9.17, 15) is 4.79 Å². The number of hydrogen-bond donors (Lipinski definition) is 2. The van der Waals surface area contributed by atoms with Gasteiger partial charge in [0.2, 0.25) is 5.91 Å². The Kier molecular flexibility index (Phi) is 2.84. The molecule has 1 atom stereocenters. The molecule has 4 heteroatoms. The lowest BCUT2D eigenvalue weighted by molar-refractivity contribution is -0.128. The molecule has 1 unspecified atom stereocenters. The first-order valence-electron chi connectivity index (χ1n) is 3.93. The second kappa shape index (κ2) is 3.69. The van der Waals surface area contributed by atoms with Gasteiger partial charge in [-0.15, -0.1) is 0 Å². The maximum atomic E-state index is 11.2. The van der Waals surface area contributed by atoms with Crippen molar-refractivity contribution in [3.63, 3.8) is 0 Å². The van der Waals surface area contributed by atoms with E-state index in [0.29, 0.717) is 6.54 Å². The van der Waals surface area contributed by atoms with Crippen molar-refractivity contribution in [3.8, 4) is 0 Å². The number of hydrogen-bond acceptors (Lipinski definition) is 3. The van der Waals surface area contributed by atoms with E-state index in [2.05, 4.69) is 5.32 Å². The third-order valence-electron chi connectivity index (χ3n) is 2.04. The molecule has 0 saturated carbocycles. The Morgan fingerprint density at radius 1 is 1.82 bits per heavy atom. The summed E-state index contributed by atoms with van der Waals surface area (Å²) in [5.41, 5.74) is 5.38. The van der Waals surface area contributed by atoms with Gasteiger partial charge in [-0.25, -0.2) is 0 Å². The van der Waals surface area contributed by atoms with Crippen LogP contribution in [0.1, 0.15) is 6.42 Å². The fourth-order valence-electron chi connectivity index (χ4n) is 1.34. The van der Waals surface area contributed by atoms with Gasteiger partial charge >= 0.3 is 0 Å². The summed E-state index contributed by atoms with van der Waals surface area (Å²) in [6.45, 7) is 2.26. The predicted molar refractivity (Wildman–Crippen MR) is 43.1 cm³/mol. The molecule has 1 aliphatic rings. The highest BCUT2D eigenvalue weighted by atomic mass is 16.2. The maximum absolute atomic E-state index is 11.2. The van der Waals surface area contributed by atoms with Crippen LogP contribution >= 0.6 is 0 Å². The van der Waals surface area contributed by atoms with Crippen LogP contribution in [0.25, 0.3) is 0 Å². The van der Waals surface area contributed by atoms with Gasteiger partial charge in [0.05, 0.1) is 6.04 Å². The lowest BCUT2D eigenvalue weighted by Gasteiger charge is -2.31. The van der Waals surface area contributed by atoms with Crippen LogP contribution in [0.4, 0.5) is 0 Å². The molecule has 1 heterocycles. The molecule has 1 fully saturated rings. The fraction of sp³-hybridized carbons (Fsp3) is 0.857. The summed E-state index contributed by atoms with van der Waals surface area (Å²) in [6.07, 6.45) is 0.752. The minimum atomic E-state index is -0.00579. The second-order valence-electron chi connectivity index (χ2n) is 2.86. The van der Waals surface area contributed by atoms with Gasteiger partial charge in [0.15, 0.2) is 0 Å². The Hall–Kier alpha value is -0.610. The third-order valence-corrected chi connectivity index (χ3v) is 2.04. The first-order chi connectivity index (χ1) is 5.25. The highest BCUT2D eigenvalue weighted by Gasteiger charge is 2.25. The van der Waals surface area contributed by atoms with E-state index < -0.39 is 0 Å². The molecule has 0 aromatic heterocycles. The van der Waals surface area contributed by atoms with E-state index >= 15 is 0 Å². The summed E-state index contributed by atoms with van der Waals surface area (Å²) in [5, 5.41) is 2.81. The number of rotatable bonds is 2. The van der Waals surface area contributed by atoms with Gasteiger partial charge in [-0.3, -0.25) is 9.69 Å². The molecule has 4 nitrogen and oxygen atoms in total. The summed E-state index contributed by atoms with van der Waals surface area (Å²) < 4.78 is 0. The van der Waals surface area contributed by atoms with Crippen LogP contribution in [0.15, 0.2) is 0 Å². The van der Waals surface area contributed by atoms with Crippen molar-refractivity contribution >= 4 is 5.91 Å². The number of nitrogens with one attached hydrogen (secondary N) is 1. The molecular formula is C7H15N3O. The van der Waals surface area contributed by atoms with Crippen LogP contribution in [0, 0.1) is 0 Å². The molecule has 1 aliphatic heterocycles. The Morgan fingerprint density at radius 2 is 2.55 bits per heavy atom.